The fourth-order valence-corrected chi connectivity index (χ4v) is 3.36. The molecule has 1 N–H and O–H groups in total. The number of fused-ring (bicyclic) bond motifs is 1. The lowest BCUT2D eigenvalue weighted by Crippen LogP contribution is -2.22. The minimum atomic E-state index is -0.320. The van der Waals surface area contributed by atoms with Crippen molar-refractivity contribution in [3.63, 3.8) is 0 Å². The van der Waals surface area contributed by atoms with Gasteiger partial charge in [-0.15, -0.1) is 0 Å². The second kappa shape index (κ2) is 6.03. The molecule has 1 nitrogen and oxygen atoms in total. The Morgan fingerprint density at radius 3 is 2.48 bits per heavy atom. The number of aliphatic hydroxyl groups excluding tert-OH is 1. The highest BCUT2D eigenvalue weighted by atomic mass is 16.3. The molecule has 21 heavy (non-hydrogen) atoms. The molecule has 3 rings (SSSR count). The molecule has 0 saturated heterocycles. The van der Waals surface area contributed by atoms with Crippen molar-refractivity contribution in [2.45, 2.75) is 45.1 Å². The SMILES string of the molecule is CC(C)c1ccc(CC2CCc3ccccc3C2O)cc1. The molecule has 0 radical (unpaired) electrons. The summed E-state index contributed by atoms with van der Waals surface area (Å²) in [5, 5.41) is 10.6. The molecule has 1 aliphatic rings. The van der Waals surface area contributed by atoms with Gasteiger partial charge in [0, 0.05) is 0 Å². The van der Waals surface area contributed by atoms with Crippen LogP contribution in [0.2, 0.25) is 0 Å². The molecule has 0 heterocycles. The van der Waals surface area contributed by atoms with E-state index in [1.54, 1.807) is 0 Å². The van der Waals surface area contributed by atoms with Crippen LogP contribution in [0.5, 0.6) is 0 Å². The minimum absolute atomic E-state index is 0.320. The zero-order valence-corrected chi connectivity index (χ0v) is 12.9. The molecule has 2 aromatic rings. The predicted molar refractivity (Wildman–Crippen MR) is 87.4 cm³/mol. The molecule has 1 aliphatic carbocycles. The molecular formula is C20H24O. The molecule has 2 unspecified atom stereocenters. The topological polar surface area (TPSA) is 20.2 Å². The van der Waals surface area contributed by atoms with E-state index < -0.39 is 0 Å². The van der Waals surface area contributed by atoms with Crippen LogP contribution >= 0.6 is 0 Å². The number of hydrogen-bond acceptors (Lipinski definition) is 1. The average molecular weight is 280 g/mol. The van der Waals surface area contributed by atoms with Crippen LogP contribution in [0.4, 0.5) is 0 Å². The van der Waals surface area contributed by atoms with Crippen molar-refractivity contribution in [3.8, 4) is 0 Å². The lowest BCUT2D eigenvalue weighted by Gasteiger charge is -2.30. The third kappa shape index (κ3) is 3.03. The van der Waals surface area contributed by atoms with Gasteiger partial charge < -0.3 is 5.11 Å². The van der Waals surface area contributed by atoms with Gasteiger partial charge in [-0.05, 0) is 53.4 Å². The molecule has 0 spiro atoms. The average Bonchev–Trinajstić information content (AvgIpc) is 2.51. The van der Waals surface area contributed by atoms with Crippen LogP contribution in [-0.2, 0) is 12.8 Å². The van der Waals surface area contributed by atoms with Crippen LogP contribution < -0.4 is 0 Å². The Hall–Kier alpha value is -1.60. The van der Waals surface area contributed by atoms with E-state index in [1.165, 1.54) is 16.7 Å². The monoisotopic (exact) mass is 280 g/mol. The van der Waals surface area contributed by atoms with E-state index in [1.807, 2.05) is 6.07 Å². The molecular weight excluding hydrogens is 256 g/mol. The first-order valence-corrected chi connectivity index (χ1v) is 8.00. The van der Waals surface area contributed by atoms with Crippen LogP contribution in [0.25, 0.3) is 0 Å². The summed E-state index contributed by atoms with van der Waals surface area (Å²) in [5.41, 5.74) is 5.17. The predicted octanol–water partition coefficient (Wildman–Crippen LogP) is 4.65. The van der Waals surface area contributed by atoms with Crippen LogP contribution in [0.3, 0.4) is 0 Å². The Morgan fingerprint density at radius 2 is 1.76 bits per heavy atom. The molecule has 0 fully saturated rings. The number of hydrogen-bond donors (Lipinski definition) is 1. The van der Waals surface area contributed by atoms with E-state index in [-0.39, 0.29) is 6.10 Å². The maximum absolute atomic E-state index is 10.6. The summed E-state index contributed by atoms with van der Waals surface area (Å²) in [7, 11) is 0. The van der Waals surface area contributed by atoms with Crippen molar-refractivity contribution in [3.05, 3.63) is 70.8 Å². The largest absolute Gasteiger partial charge is 0.388 e. The molecule has 2 aromatic carbocycles. The Morgan fingerprint density at radius 1 is 1.05 bits per heavy atom. The van der Waals surface area contributed by atoms with Gasteiger partial charge >= 0.3 is 0 Å². The van der Waals surface area contributed by atoms with Crippen molar-refractivity contribution in [2.24, 2.45) is 5.92 Å². The zero-order valence-electron chi connectivity index (χ0n) is 12.9. The molecule has 2 atom stereocenters. The smallest absolute Gasteiger partial charge is 0.0824 e. The third-order valence-electron chi connectivity index (χ3n) is 4.75. The first-order chi connectivity index (χ1) is 10.1. The number of aryl methyl sites for hydroxylation is 1. The highest BCUT2D eigenvalue weighted by Gasteiger charge is 2.27. The summed E-state index contributed by atoms with van der Waals surface area (Å²) >= 11 is 0. The highest BCUT2D eigenvalue weighted by molar-refractivity contribution is 5.33. The van der Waals surface area contributed by atoms with Crippen molar-refractivity contribution >= 4 is 0 Å². The molecule has 0 amide bonds. The van der Waals surface area contributed by atoms with Crippen molar-refractivity contribution in [2.75, 3.05) is 0 Å². The minimum Gasteiger partial charge on any atom is -0.388 e. The molecule has 110 valence electrons. The maximum atomic E-state index is 10.6. The lowest BCUT2D eigenvalue weighted by atomic mass is 9.78. The second-order valence-electron chi connectivity index (χ2n) is 6.54. The quantitative estimate of drug-likeness (QED) is 0.867. The Bertz CT molecular complexity index is 597. The van der Waals surface area contributed by atoms with Gasteiger partial charge in [0.05, 0.1) is 6.10 Å². The fraction of sp³-hybridized carbons (Fsp3) is 0.400. The van der Waals surface area contributed by atoms with Gasteiger partial charge in [0.15, 0.2) is 0 Å². The van der Waals surface area contributed by atoms with Gasteiger partial charge in [-0.2, -0.15) is 0 Å². The Labute approximate surface area is 127 Å². The van der Waals surface area contributed by atoms with Gasteiger partial charge in [0.2, 0.25) is 0 Å². The molecule has 0 aliphatic heterocycles. The van der Waals surface area contributed by atoms with Gasteiger partial charge in [-0.25, -0.2) is 0 Å². The standard InChI is InChI=1S/C20H24O/c1-14(2)16-9-7-15(8-10-16)13-18-12-11-17-5-3-4-6-19(17)20(18)21/h3-10,14,18,20-21H,11-13H2,1-2H3. The van der Waals surface area contributed by atoms with Crippen molar-refractivity contribution in [1.82, 2.24) is 0 Å². The van der Waals surface area contributed by atoms with Crippen LogP contribution in [-0.4, -0.2) is 5.11 Å². The van der Waals surface area contributed by atoms with Gasteiger partial charge in [0.1, 0.15) is 0 Å². The van der Waals surface area contributed by atoms with Gasteiger partial charge in [-0.3, -0.25) is 0 Å². The summed E-state index contributed by atoms with van der Waals surface area (Å²) in [6, 6.07) is 17.2. The van der Waals surface area contributed by atoms with Crippen molar-refractivity contribution < 1.29 is 5.11 Å². The Kier molecular flexibility index (Phi) is 4.12. The molecule has 0 aromatic heterocycles. The number of rotatable bonds is 3. The third-order valence-corrected chi connectivity index (χ3v) is 4.75. The summed E-state index contributed by atoms with van der Waals surface area (Å²) in [5.74, 6) is 0.913. The number of benzene rings is 2. The summed E-state index contributed by atoms with van der Waals surface area (Å²) in [6.07, 6.45) is 2.81. The molecule has 0 bridgehead atoms. The van der Waals surface area contributed by atoms with Crippen LogP contribution in [0, 0.1) is 5.92 Å². The van der Waals surface area contributed by atoms with Crippen LogP contribution in [0.15, 0.2) is 48.5 Å². The van der Waals surface area contributed by atoms with E-state index in [0.717, 1.165) is 24.8 Å². The van der Waals surface area contributed by atoms with E-state index in [4.69, 9.17) is 0 Å². The first kappa shape index (κ1) is 14.3. The maximum Gasteiger partial charge on any atom is 0.0824 e. The summed E-state index contributed by atoms with van der Waals surface area (Å²) < 4.78 is 0. The molecule has 1 heteroatoms. The van der Waals surface area contributed by atoms with E-state index >= 15 is 0 Å². The Balaban J connectivity index is 1.74. The normalized spacial score (nSPS) is 21.3. The van der Waals surface area contributed by atoms with E-state index in [2.05, 4.69) is 56.3 Å². The van der Waals surface area contributed by atoms with Crippen LogP contribution in [0.1, 0.15) is 54.5 Å². The van der Waals surface area contributed by atoms with Gasteiger partial charge in [-0.1, -0.05) is 62.4 Å². The molecule has 0 saturated carbocycles. The summed E-state index contributed by atoms with van der Waals surface area (Å²) in [4.78, 5) is 0. The van der Waals surface area contributed by atoms with E-state index in [9.17, 15) is 5.11 Å². The second-order valence-corrected chi connectivity index (χ2v) is 6.54. The van der Waals surface area contributed by atoms with Gasteiger partial charge in [0.25, 0.3) is 0 Å². The van der Waals surface area contributed by atoms with Crippen molar-refractivity contribution in [1.29, 1.82) is 0 Å². The fourth-order valence-electron chi connectivity index (χ4n) is 3.36. The number of aliphatic hydroxyl groups is 1. The highest BCUT2D eigenvalue weighted by Crippen LogP contribution is 2.36. The van der Waals surface area contributed by atoms with E-state index in [0.29, 0.717) is 11.8 Å². The first-order valence-electron chi connectivity index (χ1n) is 8.00. The summed E-state index contributed by atoms with van der Waals surface area (Å²) in [6.45, 7) is 4.44. The zero-order chi connectivity index (χ0) is 14.8. The lowest BCUT2D eigenvalue weighted by molar-refractivity contribution is 0.0936.